The molecule has 1 N–H and O–H groups in total. The van der Waals surface area contributed by atoms with Crippen LogP contribution in [0.3, 0.4) is 0 Å². The van der Waals surface area contributed by atoms with Gasteiger partial charge in [0.1, 0.15) is 5.82 Å². The number of amides is 1. The minimum atomic E-state index is -0.00639. The number of nitrogens with one attached hydrogen (secondary N) is 1. The summed E-state index contributed by atoms with van der Waals surface area (Å²) in [4.78, 5) is 15.6. The van der Waals surface area contributed by atoms with Gasteiger partial charge < -0.3 is 5.32 Å². The normalized spacial score (nSPS) is 11.2. The maximum Gasteiger partial charge on any atom is 0.226 e. The van der Waals surface area contributed by atoms with Crippen molar-refractivity contribution < 1.29 is 4.79 Å². The van der Waals surface area contributed by atoms with Gasteiger partial charge in [-0.15, -0.1) is 0 Å². The maximum atomic E-state index is 11.6. The number of carbonyl (C=O) groups is 1. The summed E-state index contributed by atoms with van der Waals surface area (Å²) in [6, 6.07) is 3.60. The average molecular weight is 271 g/mol. The highest BCUT2D eigenvalue weighted by molar-refractivity contribution is 9.10. The first-order valence-corrected chi connectivity index (χ1v) is 5.57. The Morgan fingerprint density at radius 3 is 2.73 bits per heavy atom. The Bertz CT molecular complexity index is 358. The van der Waals surface area contributed by atoms with Crippen LogP contribution in [0.25, 0.3) is 0 Å². The van der Waals surface area contributed by atoms with Gasteiger partial charge in [-0.05, 0) is 17.5 Å². The number of aromatic nitrogens is 1. The minimum absolute atomic E-state index is 0.00387. The zero-order valence-electron chi connectivity index (χ0n) is 9.17. The fraction of sp³-hybridized carbons (Fsp3) is 0.455. The molecule has 1 aromatic rings. The lowest BCUT2D eigenvalue weighted by Crippen LogP contribution is -2.20. The van der Waals surface area contributed by atoms with Gasteiger partial charge in [-0.1, -0.05) is 36.7 Å². The van der Waals surface area contributed by atoms with Crippen LogP contribution in [0.2, 0.25) is 0 Å². The lowest BCUT2D eigenvalue weighted by Gasteiger charge is -2.16. The number of anilines is 1. The van der Waals surface area contributed by atoms with E-state index in [9.17, 15) is 4.79 Å². The quantitative estimate of drug-likeness (QED) is 0.897. The minimum Gasteiger partial charge on any atom is -0.311 e. The van der Waals surface area contributed by atoms with Crippen molar-refractivity contribution in [1.82, 2.24) is 4.98 Å². The first kappa shape index (κ1) is 12.2. The smallest absolute Gasteiger partial charge is 0.226 e. The molecule has 1 amide bonds. The summed E-state index contributed by atoms with van der Waals surface area (Å²) >= 11 is 3.32. The van der Waals surface area contributed by atoms with E-state index >= 15 is 0 Å². The van der Waals surface area contributed by atoms with Gasteiger partial charge in [0.25, 0.3) is 0 Å². The lowest BCUT2D eigenvalue weighted by molar-refractivity contribution is -0.117. The number of carbonyl (C=O) groups excluding carboxylic acids is 1. The van der Waals surface area contributed by atoms with Crippen LogP contribution in [-0.2, 0) is 4.79 Å². The molecule has 82 valence electrons. The first-order valence-electron chi connectivity index (χ1n) is 4.78. The van der Waals surface area contributed by atoms with E-state index in [1.54, 1.807) is 12.3 Å². The standard InChI is InChI=1S/C11H15BrN2O/c1-11(2,3)7-10(15)14-9-6-8(12)4-5-13-9/h4-6H,7H2,1-3H3,(H,13,14,15). The maximum absolute atomic E-state index is 11.6. The van der Waals surface area contributed by atoms with Crippen molar-refractivity contribution in [1.29, 1.82) is 0 Å². The van der Waals surface area contributed by atoms with Gasteiger partial charge in [-0.25, -0.2) is 4.98 Å². The Morgan fingerprint density at radius 1 is 1.53 bits per heavy atom. The molecule has 0 radical (unpaired) electrons. The third kappa shape index (κ3) is 4.93. The second-order valence-electron chi connectivity index (χ2n) is 4.64. The molecule has 3 nitrogen and oxygen atoms in total. The summed E-state index contributed by atoms with van der Waals surface area (Å²) in [5.41, 5.74) is -0.00387. The first-order chi connectivity index (χ1) is 6.87. The zero-order chi connectivity index (χ0) is 11.5. The van der Waals surface area contributed by atoms with E-state index in [-0.39, 0.29) is 11.3 Å². The van der Waals surface area contributed by atoms with E-state index in [2.05, 4.69) is 26.2 Å². The molecule has 15 heavy (non-hydrogen) atoms. The van der Waals surface area contributed by atoms with Crippen LogP contribution in [0.1, 0.15) is 27.2 Å². The van der Waals surface area contributed by atoms with E-state index in [0.29, 0.717) is 12.2 Å². The van der Waals surface area contributed by atoms with Crippen LogP contribution in [0.5, 0.6) is 0 Å². The molecule has 0 aromatic carbocycles. The Kier molecular flexibility index (Phi) is 3.85. The zero-order valence-corrected chi connectivity index (χ0v) is 10.8. The number of hydrogen-bond donors (Lipinski definition) is 1. The van der Waals surface area contributed by atoms with Crippen molar-refractivity contribution in [2.45, 2.75) is 27.2 Å². The van der Waals surface area contributed by atoms with Crippen LogP contribution in [0, 0.1) is 5.41 Å². The van der Waals surface area contributed by atoms with Crippen LogP contribution in [-0.4, -0.2) is 10.9 Å². The molecular formula is C11H15BrN2O. The molecule has 0 saturated carbocycles. The summed E-state index contributed by atoms with van der Waals surface area (Å²) < 4.78 is 0.906. The molecule has 0 aliphatic heterocycles. The predicted octanol–water partition coefficient (Wildman–Crippen LogP) is 3.22. The Morgan fingerprint density at radius 2 is 2.20 bits per heavy atom. The van der Waals surface area contributed by atoms with Crippen molar-refractivity contribution in [3.05, 3.63) is 22.8 Å². The van der Waals surface area contributed by atoms with Crippen molar-refractivity contribution in [2.24, 2.45) is 5.41 Å². The molecule has 0 saturated heterocycles. The van der Waals surface area contributed by atoms with Crippen LogP contribution < -0.4 is 5.32 Å². The van der Waals surface area contributed by atoms with Gasteiger partial charge in [-0.3, -0.25) is 4.79 Å². The van der Waals surface area contributed by atoms with E-state index in [4.69, 9.17) is 0 Å². The Hall–Kier alpha value is -0.900. The third-order valence-electron chi connectivity index (χ3n) is 1.68. The van der Waals surface area contributed by atoms with E-state index in [0.717, 1.165) is 4.47 Å². The molecule has 0 aliphatic carbocycles. The summed E-state index contributed by atoms with van der Waals surface area (Å²) in [7, 11) is 0. The monoisotopic (exact) mass is 270 g/mol. The molecule has 1 heterocycles. The predicted molar refractivity (Wildman–Crippen MR) is 64.6 cm³/mol. The summed E-state index contributed by atoms with van der Waals surface area (Å²) in [5, 5.41) is 2.76. The molecule has 0 spiro atoms. The topological polar surface area (TPSA) is 42.0 Å². The highest BCUT2D eigenvalue weighted by Gasteiger charge is 2.16. The number of hydrogen-bond acceptors (Lipinski definition) is 2. The second kappa shape index (κ2) is 4.75. The van der Waals surface area contributed by atoms with Crippen LogP contribution in [0.4, 0.5) is 5.82 Å². The molecule has 0 aliphatic rings. The van der Waals surface area contributed by atoms with Gasteiger partial charge in [0.2, 0.25) is 5.91 Å². The number of pyridine rings is 1. The third-order valence-corrected chi connectivity index (χ3v) is 2.17. The Balaban J connectivity index is 2.59. The number of nitrogens with zero attached hydrogens (tertiary/aromatic N) is 1. The molecule has 0 atom stereocenters. The summed E-state index contributed by atoms with van der Waals surface area (Å²) in [6.45, 7) is 6.09. The van der Waals surface area contributed by atoms with Gasteiger partial charge in [-0.2, -0.15) is 0 Å². The van der Waals surface area contributed by atoms with Crippen LogP contribution >= 0.6 is 15.9 Å². The number of halogens is 1. The van der Waals surface area contributed by atoms with Crippen molar-refractivity contribution in [3.63, 3.8) is 0 Å². The van der Waals surface area contributed by atoms with Gasteiger partial charge >= 0.3 is 0 Å². The van der Waals surface area contributed by atoms with Crippen molar-refractivity contribution >= 4 is 27.7 Å². The highest BCUT2D eigenvalue weighted by atomic mass is 79.9. The average Bonchev–Trinajstić information content (AvgIpc) is 1.99. The molecular weight excluding hydrogens is 256 g/mol. The number of rotatable bonds is 2. The largest absolute Gasteiger partial charge is 0.311 e. The molecule has 0 fully saturated rings. The second-order valence-corrected chi connectivity index (χ2v) is 5.56. The van der Waals surface area contributed by atoms with Crippen molar-refractivity contribution in [2.75, 3.05) is 5.32 Å². The molecule has 0 unspecified atom stereocenters. The molecule has 0 bridgehead atoms. The lowest BCUT2D eigenvalue weighted by atomic mass is 9.92. The molecule has 1 aromatic heterocycles. The van der Waals surface area contributed by atoms with Gasteiger partial charge in [0.15, 0.2) is 0 Å². The van der Waals surface area contributed by atoms with Gasteiger partial charge in [0, 0.05) is 17.1 Å². The van der Waals surface area contributed by atoms with Crippen LogP contribution in [0.15, 0.2) is 22.8 Å². The fourth-order valence-electron chi connectivity index (χ4n) is 1.14. The van der Waals surface area contributed by atoms with E-state index in [1.807, 2.05) is 26.8 Å². The fourth-order valence-corrected chi connectivity index (χ4v) is 1.48. The summed E-state index contributed by atoms with van der Waals surface area (Å²) in [6.07, 6.45) is 2.14. The van der Waals surface area contributed by atoms with Crippen molar-refractivity contribution in [3.8, 4) is 0 Å². The summed E-state index contributed by atoms with van der Waals surface area (Å²) in [5.74, 6) is 0.576. The van der Waals surface area contributed by atoms with Gasteiger partial charge in [0.05, 0.1) is 0 Å². The molecule has 4 heteroatoms. The SMILES string of the molecule is CC(C)(C)CC(=O)Nc1cc(Br)ccn1. The Labute approximate surface area is 98.4 Å². The van der Waals surface area contributed by atoms with E-state index in [1.165, 1.54) is 0 Å². The molecule has 1 rings (SSSR count). The highest BCUT2D eigenvalue weighted by Crippen LogP contribution is 2.19. The van der Waals surface area contributed by atoms with E-state index < -0.39 is 0 Å².